The van der Waals surface area contributed by atoms with E-state index in [4.69, 9.17) is 13.9 Å². The molecule has 2 aromatic carbocycles. The Morgan fingerprint density at radius 3 is 2.44 bits per heavy atom. The van der Waals surface area contributed by atoms with Gasteiger partial charge >= 0.3 is 5.76 Å². The molecule has 0 N–H and O–H groups in total. The minimum Gasteiger partial charge on any atom is -0.406 e. The van der Waals surface area contributed by atoms with Gasteiger partial charge in [0.25, 0.3) is 0 Å². The van der Waals surface area contributed by atoms with E-state index in [2.05, 4.69) is 18.0 Å². The number of hydrogen-bond donors (Lipinski definition) is 0. The number of rotatable bonds is 5. The Kier molecular flexibility index (Phi) is 6.35. The average Bonchev–Trinajstić information content (AvgIpc) is 3.34. The highest BCUT2D eigenvalue weighted by atomic mass is 16.5. The molecule has 34 heavy (non-hydrogen) atoms. The molecule has 0 aliphatic heterocycles. The molecule has 0 radical (unpaired) electrons. The Balaban J connectivity index is 0.00000133. The van der Waals surface area contributed by atoms with Gasteiger partial charge in [-0.05, 0) is 51.2 Å². The van der Waals surface area contributed by atoms with Crippen molar-refractivity contribution < 1.29 is 8.94 Å². The first-order valence-electron chi connectivity index (χ1n) is 10.8. The molecule has 0 fully saturated rings. The number of benzene rings is 2. The molecule has 0 saturated heterocycles. The quantitative estimate of drug-likeness (QED) is 0.356. The van der Waals surface area contributed by atoms with Crippen molar-refractivity contribution in [1.82, 2.24) is 19.6 Å². The monoisotopic (exact) mass is 454 g/mol. The second-order valence-corrected chi connectivity index (χ2v) is 8.34. The molecule has 0 aliphatic carbocycles. The Hall–Kier alpha value is -4.15. The normalized spacial score (nSPS) is 11.1. The molecule has 3 heterocycles. The van der Waals surface area contributed by atoms with Gasteiger partial charge in [0.15, 0.2) is 5.58 Å². The number of nitrogens with zero attached hydrogens (tertiary/aromatic N) is 4. The Morgan fingerprint density at radius 2 is 1.79 bits per heavy atom. The maximum Gasteiger partial charge on any atom is 0.420 e. The van der Waals surface area contributed by atoms with E-state index in [1.54, 1.807) is 4.57 Å². The summed E-state index contributed by atoms with van der Waals surface area (Å²) in [7, 11) is 3.94. The molecule has 5 rings (SSSR count). The molecule has 0 unspecified atom stereocenters. The summed E-state index contributed by atoms with van der Waals surface area (Å²) in [5.74, 6) is 0.383. The van der Waals surface area contributed by atoms with Crippen molar-refractivity contribution in [3.63, 3.8) is 0 Å². The molecule has 0 amide bonds. The fourth-order valence-corrected chi connectivity index (χ4v) is 4.26. The molecule has 5 aromatic rings. The van der Waals surface area contributed by atoms with Crippen LogP contribution in [0.1, 0.15) is 22.7 Å². The van der Waals surface area contributed by atoms with E-state index >= 15 is 0 Å². The van der Waals surface area contributed by atoms with Crippen LogP contribution in [0.2, 0.25) is 0 Å². The molecule has 7 heteroatoms. The van der Waals surface area contributed by atoms with Crippen molar-refractivity contribution >= 4 is 22.0 Å². The molecule has 0 saturated carbocycles. The van der Waals surface area contributed by atoms with E-state index in [0.717, 1.165) is 50.3 Å². The van der Waals surface area contributed by atoms with Gasteiger partial charge in [0.2, 0.25) is 0 Å². The molecule has 0 atom stereocenters. The minimum absolute atomic E-state index is 0.382. The van der Waals surface area contributed by atoms with Gasteiger partial charge in [-0.1, -0.05) is 41.6 Å². The summed E-state index contributed by atoms with van der Waals surface area (Å²) >= 11 is 0. The smallest absolute Gasteiger partial charge is 0.406 e. The molecular formula is C27H26N4O3. The number of fused-ring (bicyclic) bond motifs is 3. The summed E-state index contributed by atoms with van der Waals surface area (Å²) in [4.78, 5) is 19.8. The van der Waals surface area contributed by atoms with E-state index in [1.165, 1.54) is 0 Å². The van der Waals surface area contributed by atoms with E-state index in [-0.39, 0.29) is 5.76 Å². The third-order valence-corrected chi connectivity index (χ3v) is 5.64. The topological polar surface area (TPSA) is 77.3 Å². The summed E-state index contributed by atoms with van der Waals surface area (Å²) in [5, 5.41) is 4.96. The lowest BCUT2D eigenvalue weighted by Crippen LogP contribution is -2.15. The van der Waals surface area contributed by atoms with Crippen molar-refractivity contribution in [2.75, 3.05) is 14.1 Å². The van der Waals surface area contributed by atoms with Gasteiger partial charge in [-0.25, -0.2) is 9.78 Å². The predicted octanol–water partition coefficient (Wildman–Crippen LogP) is 4.77. The fraction of sp³-hybridized carbons (Fsp3) is 0.222. The van der Waals surface area contributed by atoms with E-state index in [9.17, 15) is 4.79 Å². The second-order valence-electron chi connectivity index (χ2n) is 8.34. The Morgan fingerprint density at radius 1 is 1.06 bits per heavy atom. The Labute approximate surface area is 197 Å². The number of hydrogen-bond acceptors (Lipinski definition) is 6. The van der Waals surface area contributed by atoms with Gasteiger partial charge in [0.1, 0.15) is 17.0 Å². The number of pyridine rings is 1. The SMILES string of the molecule is C#C.Cc1noc(C)c1-c1ccc2c(c1)nc(CN(C)C)c1oc(=O)n(Cc3ccccc3)c12. The van der Waals surface area contributed by atoms with E-state index in [0.29, 0.717) is 18.7 Å². The predicted molar refractivity (Wildman–Crippen MR) is 134 cm³/mol. The van der Waals surface area contributed by atoms with Gasteiger partial charge in [-0.2, -0.15) is 0 Å². The summed E-state index contributed by atoms with van der Waals surface area (Å²) in [5.41, 5.74) is 6.66. The van der Waals surface area contributed by atoms with Crippen molar-refractivity contribution in [2.24, 2.45) is 0 Å². The first-order chi connectivity index (χ1) is 16.4. The zero-order chi connectivity index (χ0) is 24.4. The van der Waals surface area contributed by atoms with Crippen LogP contribution in [0.4, 0.5) is 0 Å². The van der Waals surface area contributed by atoms with Gasteiger partial charge in [0, 0.05) is 17.5 Å². The maximum atomic E-state index is 12.9. The third-order valence-electron chi connectivity index (χ3n) is 5.64. The molecule has 172 valence electrons. The molecule has 7 nitrogen and oxygen atoms in total. The molecule has 0 bridgehead atoms. The van der Waals surface area contributed by atoms with Gasteiger partial charge < -0.3 is 13.8 Å². The zero-order valence-corrected chi connectivity index (χ0v) is 19.7. The zero-order valence-electron chi connectivity index (χ0n) is 19.7. The van der Waals surface area contributed by atoms with Crippen LogP contribution in [0.5, 0.6) is 0 Å². The third kappa shape index (κ3) is 4.12. The van der Waals surface area contributed by atoms with Crippen molar-refractivity contribution in [3.05, 3.63) is 81.8 Å². The lowest BCUT2D eigenvalue weighted by atomic mass is 10.0. The van der Waals surface area contributed by atoms with Crippen LogP contribution < -0.4 is 5.76 Å². The van der Waals surface area contributed by atoms with Gasteiger partial charge in [0.05, 0.1) is 17.8 Å². The van der Waals surface area contributed by atoms with Crippen LogP contribution >= 0.6 is 0 Å². The minimum atomic E-state index is -0.382. The van der Waals surface area contributed by atoms with Crippen molar-refractivity contribution in [1.29, 1.82) is 0 Å². The maximum absolute atomic E-state index is 12.9. The summed E-state index contributed by atoms with van der Waals surface area (Å²) in [6, 6.07) is 16.0. The van der Waals surface area contributed by atoms with Gasteiger partial charge in [-0.3, -0.25) is 4.57 Å². The van der Waals surface area contributed by atoms with Crippen LogP contribution in [0.15, 0.2) is 62.3 Å². The first-order valence-corrected chi connectivity index (χ1v) is 10.8. The summed E-state index contributed by atoms with van der Waals surface area (Å²) in [6.45, 7) is 4.82. The van der Waals surface area contributed by atoms with E-state index < -0.39 is 0 Å². The largest absolute Gasteiger partial charge is 0.420 e. The van der Waals surface area contributed by atoms with Gasteiger partial charge in [-0.15, -0.1) is 12.8 Å². The number of aryl methyl sites for hydroxylation is 2. The number of oxazole rings is 1. The molecule has 3 aromatic heterocycles. The highest BCUT2D eigenvalue weighted by Crippen LogP contribution is 2.33. The molecule has 0 aliphatic rings. The van der Waals surface area contributed by atoms with Crippen LogP contribution in [-0.4, -0.2) is 33.7 Å². The second kappa shape index (κ2) is 9.38. The first kappa shape index (κ1) is 23.0. The number of terminal acetylenes is 1. The van der Waals surface area contributed by atoms with Crippen molar-refractivity contribution in [2.45, 2.75) is 26.9 Å². The average molecular weight is 455 g/mol. The fourth-order valence-electron chi connectivity index (χ4n) is 4.26. The lowest BCUT2D eigenvalue weighted by molar-refractivity contribution is 0.393. The summed E-state index contributed by atoms with van der Waals surface area (Å²) < 4.78 is 12.8. The highest BCUT2D eigenvalue weighted by Gasteiger charge is 2.20. The highest BCUT2D eigenvalue weighted by molar-refractivity contribution is 6.04. The van der Waals surface area contributed by atoms with E-state index in [1.807, 2.05) is 81.4 Å². The van der Waals surface area contributed by atoms with Crippen LogP contribution in [-0.2, 0) is 13.1 Å². The molecule has 0 spiro atoms. The molecular weight excluding hydrogens is 428 g/mol. The van der Waals surface area contributed by atoms with Crippen LogP contribution in [0.3, 0.4) is 0 Å². The summed E-state index contributed by atoms with van der Waals surface area (Å²) in [6.07, 6.45) is 8.00. The van der Waals surface area contributed by atoms with Crippen LogP contribution in [0, 0.1) is 26.7 Å². The Bertz CT molecular complexity index is 1520. The lowest BCUT2D eigenvalue weighted by Gasteiger charge is -2.12. The van der Waals surface area contributed by atoms with Crippen LogP contribution in [0.25, 0.3) is 33.1 Å². The van der Waals surface area contributed by atoms with Crippen molar-refractivity contribution in [3.8, 4) is 24.0 Å². The number of aromatic nitrogens is 3. The standard InChI is InChI=1S/C25H24N4O3.C2H2/c1-15-22(16(2)32-27-15)18-10-11-19-20(12-18)26-21(14-28(3)4)24-23(19)29(25(30)31-24)13-17-8-6-5-7-9-17;1-2/h5-12H,13-14H2,1-4H3;1-2H.